The minimum Gasteiger partial charge on any atom is -0.305 e. The van der Waals surface area contributed by atoms with Gasteiger partial charge in [-0.15, -0.1) is 0 Å². The van der Waals surface area contributed by atoms with Crippen molar-refractivity contribution < 1.29 is 4.79 Å². The van der Waals surface area contributed by atoms with Crippen molar-refractivity contribution in [3.63, 3.8) is 0 Å². The lowest BCUT2D eigenvalue weighted by molar-refractivity contribution is 0.0981. The van der Waals surface area contributed by atoms with Gasteiger partial charge >= 0.3 is 0 Å². The summed E-state index contributed by atoms with van der Waals surface area (Å²) in [7, 11) is 0. The van der Waals surface area contributed by atoms with Gasteiger partial charge in [-0.05, 0) is 55.7 Å². The molecule has 0 spiro atoms. The summed E-state index contributed by atoms with van der Waals surface area (Å²) in [5.74, 6) is 0.0400. The Morgan fingerprint density at radius 1 is 1.17 bits per heavy atom. The van der Waals surface area contributed by atoms with Crippen molar-refractivity contribution >= 4 is 11.6 Å². The molecule has 0 aliphatic carbocycles. The lowest BCUT2D eigenvalue weighted by Crippen LogP contribution is -2.35. The minimum absolute atomic E-state index is 0.0400. The number of amides is 1. The van der Waals surface area contributed by atoms with E-state index in [1.165, 1.54) is 5.56 Å². The van der Waals surface area contributed by atoms with Crippen molar-refractivity contribution in [3.8, 4) is 5.69 Å². The lowest BCUT2D eigenvalue weighted by Gasteiger charge is -2.23. The van der Waals surface area contributed by atoms with Crippen LogP contribution in [0.2, 0.25) is 0 Å². The van der Waals surface area contributed by atoms with Crippen molar-refractivity contribution in [2.45, 2.75) is 26.3 Å². The van der Waals surface area contributed by atoms with Crippen molar-refractivity contribution in [1.29, 1.82) is 0 Å². The number of hydrogen-bond donors (Lipinski definition) is 0. The Bertz CT molecular complexity index is 913. The molecule has 0 unspecified atom stereocenters. The highest BCUT2D eigenvalue weighted by atomic mass is 16.2. The van der Waals surface area contributed by atoms with Gasteiger partial charge < -0.3 is 4.90 Å². The molecular formula is C20H19N3O. The summed E-state index contributed by atoms with van der Waals surface area (Å²) in [5, 5.41) is 4.33. The summed E-state index contributed by atoms with van der Waals surface area (Å²) in [4.78, 5) is 15.0. The summed E-state index contributed by atoms with van der Waals surface area (Å²) in [6.45, 7) is 4.10. The van der Waals surface area contributed by atoms with Gasteiger partial charge in [-0.2, -0.15) is 5.10 Å². The number of anilines is 1. The van der Waals surface area contributed by atoms with E-state index in [0.29, 0.717) is 5.56 Å². The first-order valence-electron chi connectivity index (χ1n) is 8.16. The Morgan fingerprint density at radius 2 is 2.00 bits per heavy atom. The first kappa shape index (κ1) is 14.7. The SMILES string of the molecule is Cc1cnn(-c2cccc(C(=O)N3c4ccccc4C[C@@H]3C)c2)c1. The minimum atomic E-state index is 0.0400. The van der Waals surface area contributed by atoms with Crippen LogP contribution in [0.5, 0.6) is 0 Å². The van der Waals surface area contributed by atoms with Gasteiger partial charge in [0.2, 0.25) is 0 Å². The van der Waals surface area contributed by atoms with E-state index < -0.39 is 0 Å². The highest BCUT2D eigenvalue weighted by Gasteiger charge is 2.31. The van der Waals surface area contributed by atoms with E-state index in [0.717, 1.165) is 23.4 Å². The monoisotopic (exact) mass is 317 g/mol. The van der Waals surface area contributed by atoms with Gasteiger partial charge in [0, 0.05) is 23.5 Å². The second kappa shape index (κ2) is 5.64. The van der Waals surface area contributed by atoms with Crippen LogP contribution in [0.25, 0.3) is 5.69 Å². The van der Waals surface area contributed by atoms with Crippen LogP contribution in [0.1, 0.15) is 28.4 Å². The molecule has 1 aromatic heterocycles. The van der Waals surface area contributed by atoms with Gasteiger partial charge in [-0.1, -0.05) is 24.3 Å². The number of aryl methyl sites for hydroxylation is 1. The fourth-order valence-corrected chi connectivity index (χ4v) is 3.35. The maximum absolute atomic E-state index is 13.1. The van der Waals surface area contributed by atoms with E-state index >= 15 is 0 Å². The zero-order chi connectivity index (χ0) is 16.7. The van der Waals surface area contributed by atoms with Gasteiger partial charge in [-0.25, -0.2) is 4.68 Å². The Kier molecular flexibility index (Phi) is 3.45. The normalized spacial score (nSPS) is 16.2. The van der Waals surface area contributed by atoms with E-state index in [1.54, 1.807) is 4.68 Å². The van der Waals surface area contributed by atoms with Crippen LogP contribution in [0.15, 0.2) is 60.9 Å². The number of para-hydroxylation sites is 1. The summed E-state index contributed by atoms with van der Waals surface area (Å²) >= 11 is 0. The van der Waals surface area contributed by atoms with Crippen molar-refractivity contribution in [2.24, 2.45) is 0 Å². The topological polar surface area (TPSA) is 38.1 Å². The number of rotatable bonds is 2. The number of fused-ring (bicyclic) bond motifs is 1. The zero-order valence-electron chi connectivity index (χ0n) is 13.8. The molecule has 0 fully saturated rings. The molecule has 1 aliphatic heterocycles. The molecule has 4 heteroatoms. The van der Waals surface area contributed by atoms with Crippen LogP contribution >= 0.6 is 0 Å². The molecule has 0 saturated carbocycles. The molecular weight excluding hydrogens is 298 g/mol. The fourth-order valence-electron chi connectivity index (χ4n) is 3.35. The van der Waals surface area contributed by atoms with Gasteiger partial charge in [0.15, 0.2) is 0 Å². The Hall–Kier alpha value is -2.88. The van der Waals surface area contributed by atoms with E-state index in [4.69, 9.17) is 0 Å². The third-order valence-electron chi connectivity index (χ3n) is 4.50. The largest absolute Gasteiger partial charge is 0.305 e. The Balaban J connectivity index is 1.71. The second-order valence-corrected chi connectivity index (χ2v) is 6.37. The molecule has 2 aromatic carbocycles. The van der Waals surface area contributed by atoms with Crippen molar-refractivity contribution in [3.05, 3.63) is 77.6 Å². The maximum Gasteiger partial charge on any atom is 0.258 e. The summed E-state index contributed by atoms with van der Waals surface area (Å²) in [5.41, 5.74) is 4.93. The van der Waals surface area contributed by atoms with Crippen LogP contribution < -0.4 is 4.90 Å². The average molecular weight is 317 g/mol. The standard InChI is InChI=1S/C20H19N3O/c1-14-12-21-22(13-14)18-8-5-7-17(11-18)20(24)23-15(2)10-16-6-3-4-9-19(16)23/h3-9,11-13,15H,10H2,1-2H3/t15-/m0/s1. The van der Waals surface area contributed by atoms with E-state index in [-0.39, 0.29) is 11.9 Å². The van der Waals surface area contributed by atoms with Crippen LogP contribution in [-0.2, 0) is 6.42 Å². The van der Waals surface area contributed by atoms with Gasteiger partial charge in [0.25, 0.3) is 5.91 Å². The van der Waals surface area contributed by atoms with Crippen LogP contribution in [0.4, 0.5) is 5.69 Å². The predicted molar refractivity (Wildman–Crippen MR) is 94.7 cm³/mol. The smallest absolute Gasteiger partial charge is 0.258 e. The van der Waals surface area contributed by atoms with E-state index in [2.05, 4.69) is 18.1 Å². The van der Waals surface area contributed by atoms with Gasteiger partial charge in [0.1, 0.15) is 0 Å². The molecule has 2 heterocycles. The first-order chi connectivity index (χ1) is 11.6. The lowest BCUT2D eigenvalue weighted by atomic mass is 10.1. The molecule has 0 saturated heterocycles. The number of benzene rings is 2. The average Bonchev–Trinajstić information content (AvgIpc) is 3.17. The number of carbonyl (C=O) groups excluding carboxylic acids is 1. The molecule has 1 aliphatic rings. The Labute approximate surface area is 141 Å². The van der Waals surface area contributed by atoms with Crippen molar-refractivity contribution in [2.75, 3.05) is 4.90 Å². The molecule has 0 N–H and O–H groups in total. The number of aromatic nitrogens is 2. The van der Waals surface area contributed by atoms with Crippen LogP contribution in [0, 0.1) is 6.92 Å². The Morgan fingerprint density at radius 3 is 2.79 bits per heavy atom. The molecule has 0 bridgehead atoms. The molecule has 24 heavy (non-hydrogen) atoms. The summed E-state index contributed by atoms with van der Waals surface area (Å²) < 4.78 is 1.80. The molecule has 1 atom stereocenters. The van der Waals surface area contributed by atoms with E-state index in [1.807, 2.05) is 66.7 Å². The molecule has 3 aromatic rings. The van der Waals surface area contributed by atoms with Crippen molar-refractivity contribution in [1.82, 2.24) is 9.78 Å². The van der Waals surface area contributed by atoms with Crippen LogP contribution in [0.3, 0.4) is 0 Å². The maximum atomic E-state index is 13.1. The van der Waals surface area contributed by atoms with Gasteiger partial charge in [-0.3, -0.25) is 4.79 Å². The zero-order valence-corrected chi connectivity index (χ0v) is 13.8. The molecule has 4 rings (SSSR count). The quantitative estimate of drug-likeness (QED) is 0.721. The number of nitrogens with zero attached hydrogens (tertiary/aromatic N) is 3. The fraction of sp³-hybridized carbons (Fsp3) is 0.200. The molecule has 0 radical (unpaired) electrons. The molecule has 120 valence electrons. The predicted octanol–water partition coefficient (Wildman–Crippen LogP) is 3.77. The second-order valence-electron chi connectivity index (χ2n) is 6.37. The highest BCUT2D eigenvalue weighted by molar-refractivity contribution is 6.08. The highest BCUT2D eigenvalue weighted by Crippen LogP contribution is 2.33. The first-order valence-corrected chi connectivity index (χ1v) is 8.16. The number of carbonyl (C=O) groups is 1. The summed E-state index contributed by atoms with van der Waals surface area (Å²) in [6.07, 6.45) is 4.67. The molecule has 4 nitrogen and oxygen atoms in total. The van der Waals surface area contributed by atoms with Gasteiger partial charge in [0.05, 0.1) is 11.9 Å². The molecule has 1 amide bonds. The number of hydrogen-bond acceptors (Lipinski definition) is 2. The summed E-state index contributed by atoms with van der Waals surface area (Å²) in [6, 6.07) is 16.0. The van der Waals surface area contributed by atoms with Crippen LogP contribution in [-0.4, -0.2) is 21.7 Å². The third kappa shape index (κ3) is 2.40. The van der Waals surface area contributed by atoms with E-state index in [9.17, 15) is 4.79 Å². The third-order valence-corrected chi connectivity index (χ3v) is 4.50.